The van der Waals surface area contributed by atoms with E-state index in [1.807, 2.05) is 0 Å². The molecular formula is C15H18ClNO6S. The minimum Gasteiger partial charge on any atom is -0.481 e. The van der Waals surface area contributed by atoms with Crippen LogP contribution in [0.4, 0.5) is 0 Å². The van der Waals surface area contributed by atoms with E-state index in [9.17, 15) is 23.1 Å². The van der Waals surface area contributed by atoms with Gasteiger partial charge in [0.05, 0.1) is 23.5 Å². The number of hydrogen-bond acceptors (Lipinski definition) is 5. The zero-order chi connectivity index (χ0) is 18.1. The zero-order valence-electron chi connectivity index (χ0n) is 13.2. The van der Waals surface area contributed by atoms with Crippen LogP contribution < -0.4 is 0 Å². The second kappa shape index (κ2) is 7.08. The summed E-state index contributed by atoms with van der Waals surface area (Å²) in [5.74, 6) is -2.65. The molecule has 1 aromatic rings. The third-order valence-corrected chi connectivity index (χ3v) is 6.46. The first kappa shape index (κ1) is 18.7. The maximum atomic E-state index is 13.0. The monoisotopic (exact) mass is 375 g/mol. The molecule has 1 aliphatic heterocycles. The van der Waals surface area contributed by atoms with Gasteiger partial charge in [0.2, 0.25) is 10.0 Å². The van der Waals surface area contributed by atoms with Crippen LogP contribution >= 0.6 is 11.6 Å². The molecule has 1 saturated heterocycles. The average molecular weight is 376 g/mol. The SMILES string of the molecule is COC(=O)c1cc(Cl)ccc1S(=O)(=O)N1CCC[C@H](C(=O)O)[C@@H]1C. The zero-order valence-corrected chi connectivity index (χ0v) is 14.8. The van der Waals surface area contributed by atoms with Crippen molar-refractivity contribution in [2.24, 2.45) is 5.92 Å². The van der Waals surface area contributed by atoms with E-state index in [1.165, 1.54) is 18.2 Å². The third kappa shape index (κ3) is 3.40. The topological polar surface area (TPSA) is 101 Å². The molecule has 0 radical (unpaired) electrons. The lowest BCUT2D eigenvalue weighted by Crippen LogP contribution is -2.49. The summed E-state index contributed by atoms with van der Waals surface area (Å²) in [7, 11) is -2.93. The summed E-state index contributed by atoms with van der Waals surface area (Å²) in [5.41, 5.74) is -0.172. The molecular weight excluding hydrogens is 358 g/mol. The van der Waals surface area contributed by atoms with Crippen LogP contribution in [0.2, 0.25) is 5.02 Å². The highest BCUT2D eigenvalue weighted by molar-refractivity contribution is 7.89. The van der Waals surface area contributed by atoms with Crippen LogP contribution in [-0.4, -0.2) is 49.5 Å². The number of aliphatic carboxylic acids is 1. The van der Waals surface area contributed by atoms with E-state index in [4.69, 9.17) is 11.6 Å². The van der Waals surface area contributed by atoms with Crippen LogP contribution in [0.5, 0.6) is 0 Å². The van der Waals surface area contributed by atoms with Crippen LogP contribution in [0.3, 0.4) is 0 Å². The minimum absolute atomic E-state index is 0.172. The fourth-order valence-electron chi connectivity index (χ4n) is 2.90. The molecule has 0 bridgehead atoms. The van der Waals surface area contributed by atoms with Crippen molar-refractivity contribution in [1.29, 1.82) is 0 Å². The number of carbonyl (C=O) groups is 2. The lowest BCUT2D eigenvalue weighted by atomic mass is 9.92. The largest absolute Gasteiger partial charge is 0.481 e. The highest BCUT2D eigenvalue weighted by Crippen LogP contribution is 2.31. The molecule has 0 aromatic heterocycles. The van der Waals surface area contributed by atoms with Crippen LogP contribution in [0, 0.1) is 5.92 Å². The molecule has 0 aliphatic carbocycles. The van der Waals surface area contributed by atoms with Gasteiger partial charge >= 0.3 is 11.9 Å². The minimum atomic E-state index is -4.07. The number of methoxy groups -OCH3 is 1. The van der Waals surface area contributed by atoms with E-state index in [0.29, 0.717) is 12.8 Å². The molecule has 2 atom stereocenters. The lowest BCUT2D eigenvalue weighted by Gasteiger charge is -2.36. The van der Waals surface area contributed by atoms with Crippen molar-refractivity contribution in [3.8, 4) is 0 Å². The molecule has 1 heterocycles. The summed E-state index contributed by atoms with van der Waals surface area (Å²) in [6.07, 6.45) is 0.842. The van der Waals surface area contributed by atoms with Gasteiger partial charge in [0.1, 0.15) is 0 Å². The normalized spacial score (nSPS) is 22.1. The number of carboxylic acid groups (broad SMARTS) is 1. The van der Waals surface area contributed by atoms with Crippen molar-refractivity contribution in [2.45, 2.75) is 30.7 Å². The quantitative estimate of drug-likeness (QED) is 0.808. The first-order chi connectivity index (χ1) is 11.2. The van der Waals surface area contributed by atoms with Crippen molar-refractivity contribution in [3.05, 3.63) is 28.8 Å². The molecule has 9 heteroatoms. The molecule has 0 amide bonds. The molecule has 1 aromatic carbocycles. The van der Waals surface area contributed by atoms with Gasteiger partial charge in [-0.1, -0.05) is 11.6 Å². The Morgan fingerprint density at radius 2 is 2.04 bits per heavy atom. The number of nitrogens with zero attached hydrogens (tertiary/aromatic N) is 1. The summed E-state index contributed by atoms with van der Waals surface area (Å²) in [4.78, 5) is 23.0. The molecule has 7 nitrogen and oxygen atoms in total. The van der Waals surface area contributed by atoms with Gasteiger partial charge in [0, 0.05) is 17.6 Å². The fraction of sp³-hybridized carbons (Fsp3) is 0.467. The number of rotatable bonds is 4. The molecule has 0 spiro atoms. The third-order valence-electron chi connectivity index (χ3n) is 4.18. The Labute approximate surface area is 145 Å². The van der Waals surface area contributed by atoms with Gasteiger partial charge in [-0.2, -0.15) is 4.31 Å². The van der Waals surface area contributed by atoms with Gasteiger partial charge in [0.15, 0.2) is 0 Å². The van der Waals surface area contributed by atoms with E-state index in [0.717, 1.165) is 11.4 Å². The van der Waals surface area contributed by atoms with E-state index in [2.05, 4.69) is 4.74 Å². The molecule has 1 aliphatic rings. The Hall–Kier alpha value is -1.64. The van der Waals surface area contributed by atoms with Gasteiger partial charge in [0.25, 0.3) is 0 Å². The Kier molecular flexibility index (Phi) is 5.52. The van der Waals surface area contributed by atoms with E-state index in [1.54, 1.807) is 6.92 Å². The summed E-state index contributed by atoms with van der Waals surface area (Å²) >= 11 is 5.85. The van der Waals surface area contributed by atoms with Gasteiger partial charge in [-0.05, 0) is 38.0 Å². The first-order valence-corrected chi connectivity index (χ1v) is 9.14. The van der Waals surface area contributed by atoms with Crippen molar-refractivity contribution in [1.82, 2.24) is 4.31 Å². The Bertz CT molecular complexity index is 763. The summed E-state index contributed by atoms with van der Waals surface area (Å²) in [6, 6.07) is 3.11. The van der Waals surface area contributed by atoms with Crippen molar-refractivity contribution < 1.29 is 27.9 Å². The Morgan fingerprint density at radius 3 is 2.62 bits per heavy atom. The van der Waals surface area contributed by atoms with Crippen LogP contribution in [0.1, 0.15) is 30.1 Å². The smallest absolute Gasteiger partial charge is 0.339 e. The van der Waals surface area contributed by atoms with Crippen molar-refractivity contribution in [3.63, 3.8) is 0 Å². The number of carboxylic acids is 1. The standard InChI is InChI=1S/C15H18ClNO6S/c1-9-11(14(18)19)4-3-7-17(9)24(21,22)13-6-5-10(16)8-12(13)15(20)23-2/h5-6,8-9,11H,3-4,7H2,1-2H3,(H,18,19)/t9-,11-/m0/s1. The maximum Gasteiger partial charge on any atom is 0.339 e. The molecule has 2 rings (SSSR count). The molecule has 1 N–H and O–H groups in total. The average Bonchev–Trinajstić information content (AvgIpc) is 2.53. The number of carbonyl (C=O) groups excluding carboxylic acids is 1. The highest BCUT2D eigenvalue weighted by atomic mass is 35.5. The first-order valence-electron chi connectivity index (χ1n) is 7.32. The predicted octanol–water partition coefficient (Wildman–Crippen LogP) is 2.00. The second-order valence-electron chi connectivity index (χ2n) is 5.58. The van der Waals surface area contributed by atoms with Gasteiger partial charge in [-0.3, -0.25) is 4.79 Å². The number of esters is 1. The van der Waals surface area contributed by atoms with E-state index in [-0.39, 0.29) is 22.0 Å². The Balaban J connectivity index is 2.51. The summed E-state index contributed by atoms with van der Waals surface area (Å²) < 4.78 is 31.8. The van der Waals surface area contributed by atoms with Crippen LogP contribution in [0.25, 0.3) is 0 Å². The summed E-state index contributed by atoms with van der Waals surface area (Å²) in [6.45, 7) is 1.75. The van der Waals surface area contributed by atoms with Crippen molar-refractivity contribution in [2.75, 3.05) is 13.7 Å². The lowest BCUT2D eigenvalue weighted by molar-refractivity contribution is -0.144. The number of sulfonamides is 1. The fourth-order valence-corrected chi connectivity index (χ4v) is 4.94. The number of halogens is 1. The van der Waals surface area contributed by atoms with Gasteiger partial charge < -0.3 is 9.84 Å². The molecule has 0 saturated carbocycles. The number of benzene rings is 1. The number of ether oxygens (including phenoxy) is 1. The second-order valence-corrected chi connectivity index (χ2v) is 7.87. The highest BCUT2D eigenvalue weighted by Gasteiger charge is 2.40. The predicted molar refractivity (Wildman–Crippen MR) is 86.5 cm³/mol. The molecule has 132 valence electrons. The molecule has 0 unspecified atom stereocenters. The molecule has 24 heavy (non-hydrogen) atoms. The van der Waals surface area contributed by atoms with Gasteiger partial charge in [-0.15, -0.1) is 0 Å². The van der Waals surface area contributed by atoms with Crippen LogP contribution in [0.15, 0.2) is 23.1 Å². The molecule has 1 fully saturated rings. The van der Waals surface area contributed by atoms with E-state index < -0.39 is 33.9 Å². The maximum absolute atomic E-state index is 13.0. The Morgan fingerprint density at radius 1 is 1.38 bits per heavy atom. The van der Waals surface area contributed by atoms with Crippen LogP contribution in [-0.2, 0) is 19.6 Å². The number of piperidine rings is 1. The van der Waals surface area contributed by atoms with Gasteiger partial charge in [-0.25, -0.2) is 13.2 Å². The van der Waals surface area contributed by atoms with Crippen molar-refractivity contribution >= 4 is 33.6 Å². The summed E-state index contributed by atoms with van der Waals surface area (Å²) in [5, 5.41) is 9.47. The van der Waals surface area contributed by atoms with E-state index >= 15 is 0 Å². The number of hydrogen-bond donors (Lipinski definition) is 1.